The SMILES string of the molecule is CC(=O)Nc1ccc(S(=O)(=O)N2CCC(NC(=O)c3cc4c(s3)CC[C@@H](C)C4)CC2)cc1. The van der Waals surface area contributed by atoms with Gasteiger partial charge in [-0.1, -0.05) is 6.92 Å². The third-order valence-electron chi connectivity index (χ3n) is 6.15. The number of sulfonamides is 1. The lowest BCUT2D eigenvalue weighted by atomic mass is 9.90. The number of carbonyl (C=O) groups is 2. The molecule has 0 unspecified atom stereocenters. The number of carbonyl (C=O) groups excluding carboxylic acids is 2. The van der Waals surface area contributed by atoms with Crippen molar-refractivity contribution >= 4 is 38.9 Å². The zero-order valence-corrected chi connectivity index (χ0v) is 20.0. The Morgan fingerprint density at radius 1 is 1.09 bits per heavy atom. The maximum absolute atomic E-state index is 13.0. The standard InChI is InChI=1S/C23H29N3O4S2/c1-15-3-8-21-17(13-15)14-22(31-21)23(28)25-19-9-11-26(12-10-19)32(29,30)20-6-4-18(5-7-20)24-16(2)27/h4-7,14-15,19H,3,8-13H2,1-2H3,(H,24,27)(H,25,28)/t15-/m1/s1. The van der Waals surface area contributed by atoms with Crippen LogP contribution in [-0.2, 0) is 27.7 Å². The molecule has 2 amide bonds. The maximum Gasteiger partial charge on any atom is 0.261 e. The molecule has 4 rings (SSSR count). The second-order valence-corrected chi connectivity index (χ2v) is 11.8. The summed E-state index contributed by atoms with van der Waals surface area (Å²) in [7, 11) is -3.61. The highest BCUT2D eigenvalue weighted by Crippen LogP contribution is 2.32. The second-order valence-electron chi connectivity index (χ2n) is 8.76. The first-order chi connectivity index (χ1) is 15.2. The summed E-state index contributed by atoms with van der Waals surface area (Å²) in [5, 5.41) is 5.73. The maximum atomic E-state index is 13.0. The van der Waals surface area contributed by atoms with Crippen LogP contribution >= 0.6 is 11.3 Å². The van der Waals surface area contributed by atoms with Crippen molar-refractivity contribution in [3.05, 3.63) is 45.6 Å². The molecule has 9 heteroatoms. The van der Waals surface area contributed by atoms with Gasteiger partial charge in [0.15, 0.2) is 0 Å². The molecule has 172 valence electrons. The highest BCUT2D eigenvalue weighted by atomic mass is 32.2. The van der Waals surface area contributed by atoms with Gasteiger partial charge in [-0.25, -0.2) is 8.42 Å². The number of nitrogens with zero attached hydrogens (tertiary/aromatic N) is 1. The predicted molar refractivity (Wildman–Crippen MR) is 126 cm³/mol. The number of aryl methyl sites for hydroxylation is 1. The molecule has 1 aromatic heterocycles. The minimum absolute atomic E-state index is 0.0332. The average molecular weight is 476 g/mol. The molecular formula is C23H29N3O4S2. The summed E-state index contributed by atoms with van der Waals surface area (Å²) in [5.41, 5.74) is 1.87. The first-order valence-corrected chi connectivity index (χ1v) is 13.3. The molecule has 32 heavy (non-hydrogen) atoms. The van der Waals surface area contributed by atoms with Crippen LogP contribution in [0.15, 0.2) is 35.2 Å². The summed E-state index contributed by atoms with van der Waals surface area (Å²) in [4.78, 5) is 26.2. The van der Waals surface area contributed by atoms with Crippen LogP contribution < -0.4 is 10.6 Å². The van der Waals surface area contributed by atoms with E-state index in [1.54, 1.807) is 23.5 Å². The molecule has 0 spiro atoms. The van der Waals surface area contributed by atoms with Crippen molar-refractivity contribution in [1.29, 1.82) is 0 Å². The van der Waals surface area contributed by atoms with Gasteiger partial charge < -0.3 is 10.6 Å². The molecule has 7 nitrogen and oxygen atoms in total. The first kappa shape index (κ1) is 22.9. The Labute approximate surface area is 193 Å². The van der Waals surface area contributed by atoms with E-state index in [-0.39, 0.29) is 22.8 Å². The van der Waals surface area contributed by atoms with E-state index in [1.165, 1.54) is 40.2 Å². The molecule has 2 aromatic rings. The smallest absolute Gasteiger partial charge is 0.261 e. The molecule has 1 fully saturated rings. The zero-order chi connectivity index (χ0) is 22.9. The van der Waals surface area contributed by atoms with Gasteiger partial charge in [-0.3, -0.25) is 9.59 Å². The van der Waals surface area contributed by atoms with Gasteiger partial charge in [0.05, 0.1) is 9.77 Å². The van der Waals surface area contributed by atoms with E-state index in [2.05, 4.69) is 17.6 Å². The highest BCUT2D eigenvalue weighted by molar-refractivity contribution is 7.89. The molecule has 2 N–H and O–H groups in total. The fourth-order valence-corrected chi connectivity index (χ4v) is 6.96. The summed E-state index contributed by atoms with van der Waals surface area (Å²) in [6.07, 6.45) is 4.43. The molecule has 2 aliphatic rings. The number of piperidine rings is 1. The molecular weight excluding hydrogens is 446 g/mol. The Bertz CT molecular complexity index is 1100. The van der Waals surface area contributed by atoms with E-state index in [1.807, 2.05) is 6.07 Å². The topological polar surface area (TPSA) is 95.6 Å². The number of hydrogen-bond donors (Lipinski definition) is 2. The molecule has 1 aliphatic carbocycles. The van der Waals surface area contributed by atoms with E-state index >= 15 is 0 Å². The minimum Gasteiger partial charge on any atom is -0.349 e. The van der Waals surface area contributed by atoms with Crippen molar-refractivity contribution in [1.82, 2.24) is 9.62 Å². The predicted octanol–water partition coefficient (Wildman–Crippen LogP) is 3.41. The Morgan fingerprint density at radius 3 is 2.44 bits per heavy atom. The average Bonchev–Trinajstić information content (AvgIpc) is 3.17. The van der Waals surface area contributed by atoms with Crippen LogP contribution in [-0.4, -0.2) is 43.7 Å². The third-order valence-corrected chi connectivity index (χ3v) is 9.30. The van der Waals surface area contributed by atoms with Crippen LogP contribution in [0.4, 0.5) is 5.69 Å². The molecule has 0 bridgehead atoms. The fraction of sp³-hybridized carbons (Fsp3) is 0.478. The van der Waals surface area contributed by atoms with Crippen molar-refractivity contribution in [3.63, 3.8) is 0 Å². The van der Waals surface area contributed by atoms with Crippen molar-refractivity contribution in [2.24, 2.45) is 5.92 Å². The van der Waals surface area contributed by atoms with Crippen LogP contribution in [0, 0.1) is 5.92 Å². The highest BCUT2D eigenvalue weighted by Gasteiger charge is 2.30. The van der Waals surface area contributed by atoms with Crippen molar-refractivity contribution in [2.45, 2.75) is 56.9 Å². The third kappa shape index (κ3) is 5.05. The molecule has 2 heterocycles. The Hall–Kier alpha value is -2.23. The van der Waals surface area contributed by atoms with Crippen LogP contribution in [0.2, 0.25) is 0 Å². The summed E-state index contributed by atoms with van der Waals surface area (Å²) in [6.45, 7) is 4.37. The van der Waals surface area contributed by atoms with Gasteiger partial charge in [0.2, 0.25) is 15.9 Å². The summed E-state index contributed by atoms with van der Waals surface area (Å²) < 4.78 is 27.4. The number of anilines is 1. The van der Waals surface area contributed by atoms with E-state index < -0.39 is 10.0 Å². The molecule has 0 saturated carbocycles. The van der Waals surface area contributed by atoms with Gasteiger partial charge >= 0.3 is 0 Å². The molecule has 1 saturated heterocycles. The normalized spacial score (nSPS) is 19.9. The van der Waals surface area contributed by atoms with E-state index in [0.29, 0.717) is 37.5 Å². The van der Waals surface area contributed by atoms with Crippen molar-refractivity contribution in [2.75, 3.05) is 18.4 Å². The lowest BCUT2D eigenvalue weighted by molar-refractivity contribution is -0.114. The largest absolute Gasteiger partial charge is 0.349 e. The van der Waals surface area contributed by atoms with Gasteiger partial charge in [-0.15, -0.1) is 11.3 Å². The zero-order valence-electron chi connectivity index (χ0n) is 18.4. The summed E-state index contributed by atoms with van der Waals surface area (Å²) in [6, 6.07) is 8.19. The van der Waals surface area contributed by atoms with E-state index in [4.69, 9.17) is 0 Å². The van der Waals surface area contributed by atoms with Crippen LogP contribution in [0.3, 0.4) is 0 Å². The monoisotopic (exact) mass is 475 g/mol. The summed E-state index contributed by atoms with van der Waals surface area (Å²) >= 11 is 1.60. The lowest BCUT2D eigenvalue weighted by Crippen LogP contribution is -2.46. The molecule has 1 aromatic carbocycles. The number of fused-ring (bicyclic) bond motifs is 1. The lowest BCUT2D eigenvalue weighted by Gasteiger charge is -2.31. The first-order valence-electron chi connectivity index (χ1n) is 11.0. The second kappa shape index (κ2) is 9.33. The van der Waals surface area contributed by atoms with Gasteiger partial charge in [0, 0.05) is 36.6 Å². The number of rotatable bonds is 5. The number of amides is 2. The van der Waals surface area contributed by atoms with Crippen LogP contribution in [0.5, 0.6) is 0 Å². The minimum atomic E-state index is -3.61. The Balaban J connectivity index is 1.33. The van der Waals surface area contributed by atoms with Gasteiger partial charge in [0.25, 0.3) is 5.91 Å². The van der Waals surface area contributed by atoms with Gasteiger partial charge in [-0.2, -0.15) is 4.31 Å². The van der Waals surface area contributed by atoms with Crippen LogP contribution in [0.25, 0.3) is 0 Å². The van der Waals surface area contributed by atoms with Crippen LogP contribution in [0.1, 0.15) is 53.2 Å². The Morgan fingerprint density at radius 2 is 1.78 bits per heavy atom. The number of hydrogen-bond acceptors (Lipinski definition) is 5. The summed E-state index contributed by atoms with van der Waals surface area (Å²) in [5.74, 6) is 0.412. The van der Waals surface area contributed by atoms with E-state index in [0.717, 1.165) is 17.7 Å². The molecule has 1 aliphatic heterocycles. The van der Waals surface area contributed by atoms with Gasteiger partial charge in [0.1, 0.15) is 0 Å². The van der Waals surface area contributed by atoms with E-state index in [9.17, 15) is 18.0 Å². The molecule has 1 atom stereocenters. The van der Waals surface area contributed by atoms with Gasteiger partial charge in [-0.05, 0) is 73.9 Å². The van der Waals surface area contributed by atoms with Crippen molar-refractivity contribution < 1.29 is 18.0 Å². The Kier molecular flexibility index (Phi) is 6.69. The number of nitrogens with one attached hydrogen (secondary N) is 2. The number of thiophene rings is 1. The molecule has 0 radical (unpaired) electrons. The quantitative estimate of drug-likeness (QED) is 0.693. The number of benzene rings is 1. The van der Waals surface area contributed by atoms with Crippen molar-refractivity contribution in [3.8, 4) is 0 Å². The fourth-order valence-electron chi connectivity index (χ4n) is 4.38.